The predicted octanol–water partition coefficient (Wildman–Crippen LogP) is 2.13. The lowest BCUT2D eigenvalue weighted by molar-refractivity contribution is 0.236. The second-order valence-electron chi connectivity index (χ2n) is 3.65. The molecule has 13 heavy (non-hydrogen) atoms. The van der Waals surface area contributed by atoms with E-state index in [4.69, 9.17) is 0 Å². The Balaban J connectivity index is 3.60. The molecule has 2 unspecified atom stereocenters. The maximum atomic E-state index is 11.1. The van der Waals surface area contributed by atoms with Crippen LogP contribution in [-0.4, -0.2) is 18.6 Å². The Morgan fingerprint density at radius 3 is 2.38 bits per heavy atom. The standard InChI is InChI=1S/C10H22N2O/c1-5-8(3)7-9(4)12-10(13)11-6-2/h8-9H,5-7H2,1-4H3,(H2,11,12,13). The molecule has 0 saturated carbocycles. The topological polar surface area (TPSA) is 41.1 Å². The highest BCUT2D eigenvalue weighted by Gasteiger charge is 2.08. The first-order chi connectivity index (χ1) is 6.10. The fourth-order valence-electron chi connectivity index (χ4n) is 1.26. The lowest BCUT2D eigenvalue weighted by atomic mass is 10.0. The smallest absolute Gasteiger partial charge is 0.314 e. The Bertz CT molecular complexity index is 148. The molecule has 0 spiro atoms. The lowest BCUT2D eigenvalue weighted by Gasteiger charge is -2.17. The molecule has 3 heteroatoms. The molecule has 0 saturated heterocycles. The third-order valence-corrected chi connectivity index (χ3v) is 2.17. The van der Waals surface area contributed by atoms with E-state index in [-0.39, 0.29) is 12.1 Å². The van der Waals surface area contributed by atoms with E-state index in [2.05, 4.69) is 24.5 Å². The van der Waals surface area contributed by atoms with Crippen LogP contribution in [0, 0.1) is 5.92 Å². The van der Waals surface area contributed by atoms with Gasteiger partial charge in [0, 0.05) is 12.6 Å². The summed E-state index contributed by atoms with van der Waals surface area (Å²) < 4.78 is 0. The van der Waals surface area contributed by atoms with E-state index in [1.807, 2.05) is 13.8 Å². The molecule has 0 aromatic carbocycles. The average Bonchev–Trinajstić information content (AvgIpc) is 2.04. The van der Waals surface area contributed by atoms with Crippen LogP contribution in [-0.2, 0) is 0 Å². The molecule has 2 amide bonds. The summed E-state index contributed by atoms with van der Waals surface area (Å²) in [5.41, 5.74) is 0. The van der Waals surface area contributed by atoms with Crippen LogP contribution in [0.5, 0.6) is 0 Å². The van der Waals surface area contributed by atoms with Gasteiger partial charge in [0.15, 0.2) is 0 Å². The van der Waals surface area contributed by atoms with Gasteiger partial charge in [-0.3, -0.25) is 0 Å². The Labute approximate surface area is 81.3 Å². The van der Waals surface area contributed by atoms with Crippen molar-refractivity contribution in [3.05, 3.63) is 0 Å². The summed E-state index contributed by atoms with van der Waals surface area (Å²) in [5.74, 6) is 0.678. The maximum absolute atomic E-state index is 11.1. The highest BCUT2D eigenvalue weighted by atomic mass is 16.2. The van der Waals surface area contributed by atoms with Gasteiger partial charge in [-0.1, -0.05) is 20.3 Å². The Kier molecular flexibility index (Phi) is 6.37. The minimum atomic E-state index is -0.0571. The molecule has 0 radical (unpaired) electrons. The van der Waals surface area contributed by atoms with Crippen LogP contribution in [0.2, 0.25) is 0 Å². The summed E-state index contributed by atoms with van der Waals surface area (Å²) in [6, 6.07) is 0.208. The largest absolute Gasteiger partial charge is 0.338 e. The van der Waals surface area contributed by atoms with E-state index in [0.717, 1.165) is 6.42 Å². The van der Waals surface area contributed by atoms with Gasteiger partial charge >= 0.3 is 6.03 Å². The van der Waals surface area contributed by atoms with Crippen molar-refractivity contribution in [1.82, 2.24) is 10.6 Å². The van der Waals surface area contributed by atoms with Gasteiger partial charge in [0.25, 0.3) is 0 Å². The van der Waals surface area contributed by atoms with E-state index in [1.54, 1.807) is 0 Å². The molecule has 0 bridgehead atoms. The van der Waals surface area contributed by atoms with Gasteiger partial charge in [0.2, 0.25) is 0 Å². The normalized spacial score (nSPS) is 14.8. The van der Waals surface area contributed by atoms with Gasteiger partial charge in [-0.25, -0.2) is 4.79 Å². The molecule has 0 aromatic heterocycles. The molecule has 0 aromatic rings. The molecule has 78 valence electrons. The van der Waals surface area contributed by atoms with Crippen LogP contribution in [0.1, 0.15) is 40.5 Å². The maximum Gasteiger partial charge on any atom is 0.314 e. The second-order valence-corrected chi connectivity index (χ2v) is 3.65. The monoisotopic (exact) mass is 186 g/mol. The number of amides is 2. The predicted molar refractivity (Wildman–Crippen MR) is 55.7 cm³/mol. The molecule has 0 fully saturated rings. The van der Waals surface area contributed by atoms with E-state index >= 15 is 0 Å². The highest BCUT2D eigenvalue weighted by molar-refractivity contribution is 5.73. The van der Waals surface area contributed by atoms with E-state index in [1.165, 1.54) is 6.42 Å². The Morgan fingerprint density at radius 1 is 1.31 bits per heavy atom. The SMILES string of the molecule is CCNC(=O)NC(C)CC(C)CC. The summed E-state index contributed by atoms with van der Waals surface area (Å²) in [4.78, 5) is 11.1. The van der Waals surface area contributed by atoms with Crippen molar-refractivity contribution in [2.45, 2.75) is 46.6 Å². The summed E-state index contributed by atoms with van der Waals surface area (Å²) in [6.45, 7) is 9.02. The third-order valence-electron chi connectivity index (χ3n) is 2.17. The summed E-state index contributed by atoms with van der Waals surface area (Å²) in [6.07, 6.45) is 2.22. The highest BCUT2D eigenvalue weighted by Crippen LogP contribution is 2.08. The van der Waals surface area contributed by atoms with E-state index < -0.39 is 0 Å². The van der Waals surface area contributed by atoms with Crippen molar-refractivity contribution < 1.29 is 4.79 Å². The first-order valence-corrected chi connectivity index (χ1v) is 5.14. The minimum absolute atomic E-state index is 0.0571. The van der Waals surface area contributed by atoms with Gasteiger partial charge < -0.3 is 10.6 Å². The summed E-state index contributed by atoms with van der Waals surface area (Å²) in [7, 11) is 0. The second kappa shape index (κ2) is 6.75. The van der Waals surface area contributed by atoms with Gasteiger partial charge in [0.1, 0.15) is 0 Å². The molecule has 2 atom stereocenters. The van der Waals surface area contributed by atoms with Crippen molar-refractivity contribution in [3.8, 4) is 0 Å². The van der Waals surface area contributed by atoms with E-state index in [0.29, 0.717) is 12.5 Å². The van der Waals surface area contributed by atoms with Crippen molar-refractivity contribution in [2.75, 3.05) is 6.54 Å². The molecule has 0 aliphatic heterocycles. The number of rotatable bonds is 5. The number of carbonyl (C=O) groups is 1. The zero-order valence-electron chi connectivity index (χ0n) is 9.18. The van der Waals surface area contributed by atoms with Crippen molar-refractivity contribution >= 4 is 6.03 Å². The lowest BCUT2D eigenvalue weighted by Crippen LogP contribution is -2.41. The van der Waals surface area contributed by atoms with Crippen molar-refractivity contribution in [1.29, 1.82) is 0 Å². The van der Waals surface area contributed by atoms with Gasteiger partial charge in [-0.05, 0) is 26.2 Å². The van der Waals surface area contributed by atoms with Crippen LogP contribution in [0.15, 0.2) is 0 Å². The molecule has 0 rings (SSSR count). The fourth-order valence-corrected chi connectivity index (χ4v) is 1.26. The minimum Gasteiger partial charge on any atom is -0.338 e. The first-order valence-electron chi connectivity index (χ1n) is 5.14. The number of carbonyl (C=O) groups excluding carboxylic acids is 1. The van der Waals surface area contributed by atoms with Crippen LogP contribution in [0.3, 0.4) is 0 Å². The first kappa shape index (κ1) is 12.3. The van der Waals surface area contributed by atoms with Crippen molar-refractivity contribution in [2.24, 2.45) is 5.92 Å². The van der Waals surface area contributed by atoms with Crippen LogP contribution < -0.4 is 10.6 Å². The van der Waals surface area contributed by atoms with Crippen molar-refractivity contribution in [3.63, 3.8) is 0 Å². The molecule has 2 N–H and O–H groups in total. The van der Waals surface area contributed by atoms with Crippen LogP contribution in [0.25, 0.3) is 0 Å². The zero-order chi connectivity index (χ0) is 10.3. The molecule has 3 nitrogen and oxygen atoms in total. The molecule has 0 heterocycles. The number of hydrogen-bond acceptors (Lipinski definition) is 1. The fraction of sp³-hybridized carbons (Fsp3) is 0.900. The Morgan fingerprint density at radius 2 is 1.92 bits per heavy atom. The molecule has 0 aliphatic rings. The number of urea groups is 1. The quantitative estimate of drug-likeness (QED) is 0.678. The van der Waals surface area contributed by atoms with Gasteiger partial charge in [0.05, 0.1) is 0 Å². The number of hydrogen-bond donors (Lipinski definition) is 2. The third kappa shape index (κ3) is 6.43. The summed E-state index contributed by atoms with van der Waals surface area (Å²) >= 11 is 0. The molecule has 0 aliphatic carbocycles. The van der Waals surface area contributed by atoms with Gasteiger partial charge in [-0.15, -0.1) is 0 Å². The van der Waals surface area contributed by atoms with Gasteiger partial charge in [-0.2, -0.15) is 0 Å². The molecular weight excluding hydrogens is 164 g/mol. The van der Waals surface area contributed by atoms with Crippen LogP contribution >= 0.6 is 0 Å². The molecular formula is C10H22N2O. The summed E-state index contributed by atoms with van der Waals surface area (Å²) in [5, 5.41) is 5.61. The zero-order valence-corrected chi connectivity index (χ0v) is 9.18. The van der Waals surface area contributed by atoms with E-state index in [9.17, 15) is 4.79 Å². The number of nitrogens with one attached hydrogen (secondary N) is 2. The average molecular weight is 186 g/mol. The van der Waals surface area contributed by atoms with Crippen LogP contribution in [0.4, 0.5) is 4.79 Å². The Hall–Kier alpha value is -0.730.